The van der Waals surface area contributed by atoms with Crippen molar-refractivity contribution in [1.29, 1.82) is 0 Å². The lowest BCUT2D eigenvalue weighted by Crippen LogP contribution is -2.46. The predicted octanol–water partition coefficient (Wildman–Crippen LogP) is 2.30. The number of hydrogen-bond acceptors (Lipinski definition) is 3. The highest BCUT2D eigenvalue weighted by molar-refractivity contribution is 9.10. The molecule has 3 N–H and O–H groups in total. The maximum absolute atomic E-state index is 11.2. The van der Waals surface area contributed by atoms with E-state index in [1.54, 1.807) is 6.07 Å². The van der Waals surface area contributed by atoms with Crippen LogP contribution in [-0.4, -0.2) is 11.1 Å². The molecule has 1 aliphatic rings. The maximum atomic E-state index is 11.2. The van der Waals surface area contributed by atoms with Crippen LogP contribution in [0.2, 0.25) is 0 Å². The molecule has 0 bridgehead atoms. The Labute approximate surface area is 95.6 Å². The minimum Gasteiger partial charge on any atom is -0.481 e. The average Bonchev–Trinajstić information content (AvgIpc) is 2.48. The quantitative estimate of drug-likeness (QED) is 0.886. The number of carbonyl (C=O) groups is 1. The Hall–Kier alpha value is -0.810. The molecule has 0 aliphatic heterocycles. The van der Waals surface area contributed by atoms with E-state index in [2.05, 4.69) is 15.9 Å². The van der Waals surface area contributed by atoms with Crippen LogP contribution < -0.4 is 5.73 Å². The molecule has 0 radical (unpaired) electrons. The molecular formula is C10H12BrNO3. The summed E-state index contributed by atoms with van der Waals surface area (Å²) in [6.07, 6.45) is 3.67. The second kappa shape index (κ2) is 3.64. The van der Waals surface area contributed by atoms with Crippen LogP contribution in [0.4, 0.5) is 0 Å². The third kappa shape index (κ3) is 1.50. The van der Waals surface area contributed by atoms with Gasteiger partial charge in [0, 0.05) is 0 Å². The molecule has 1 aliphatic carbocycles. The van der Waals surface area contributed by atoms with E-state index in [0.29, 0.717) is 18.6 Å². The van der Waals surface area contributed by atoms with Gasteiger partial charge in [0.25, 0.3) is 0 Å². The number of nitrogens with two attached hydrogens (primary N) is 1. The van der Waals surface area contributed by atoms with Gasteiger partial charge in [-0.05, 0) is 34.8 Å². The number of furan rings is 1. The van der Waals surface area contributed by atoms with Gasteiger partial charge in [-0.2, -0.15) is 0 Å². The molecule has 1 atom stereocenters. The summed E-state index contributed by atoms with van der Waals surface area (Å²) in [5, 5.41) is 9.21. The molecule has 2 rings (SSSR count). The number of rotatable bonds is 3. The molecule has 4 nitrogen and oxygen atoms in total. The molecule has 1 aromatic rings. The van der Waals surface area contributed by atoms with Crippen molar-refractivity contribution in [1.82, 2.24) is 0 Å². The largest absolute Gasteiger partial charge is 0.481 e. The summed E-state index contributed by atoms with van der Waals surface area (Å²) in [6, 6.07) is 1.15. The summed E-state index contributed by atoms with van der Waals surface area (Å²) in [4.78, 5) is 11.2. The maximum Gasteiger partial charge on any atom is 0.311 e. The molecule has 1 heterocycles. The summed E-state index contributed by atoms with van der Waals surface area (Å²) >= 11 is 3.30. The first-order chi connectivity index (χ1) is 7.08. The highest BCUT2D eigenvalue weighted by atomic mass is 79.9. The van der Waals surface area contributed by atoms with E-state index in [4.69, 9.17) is 10.2 Å². The highest BCUT2D eigenvalue weighted by Gasteiger charge is 2.51. The normalized spacial score (nSPS) is 20.7. The van der Waals surface area contributed by atoms with Crippen LogP contribution >= 0.6 is 15.9 Å². The van der Waals surface area contributed by atoms with E-state index in [1.807, 2.05) is 0 Å². The molecule has 0 saturated heterocycles. The number of carboxylic acid groups (broad SMARTS) is 1. The van der Waals surface area contributed by atoms with Crippen molar-refractivity contribution >= 4 is 21.9 Å². The van der Waals surface area contributed by atoms with Crippen molar-refractivity contribution < 1.29 is 14.3 Å². The molecular weight excluding hydrogens is 262 g/mol. The molecule has 0 spiro atoms. The third-order valence-corrected chi connectivity index (χ3v) is 3.85. The van der Waals surface area contributed by atoms with Gasteiger partial charge in [0.15, 0.2) is 0 Å². The Morgan fingerprint density at radius 1 is 1.67 bits per heavy atom. The van der Waals surface area contributed by atoms with Crippen molar-refractivity contribution in [2.75, 3.05) is 0 Å². The van der Waals surface area contributed by atoms with Crippen LogP contribution in [0.25, 0.3) is 0 Å². The van der Waals surface area contributed by atoms with Crippen LogP contribution in [0.5, 0.6) is 0 Å². The van der Waals surface area contributed by atoms with E-state index in [1.165, 1.54) is 6.26 Å². The summed E-state index contributed by atoms with van der Waals surface area (Å²) in [5.41, 5.74) is 5.14. The number of carboxylic acids is 1. The van der Waals surface area contributed by atoms with Crippen molar-refractivity contribution in [3.8, 4) is 0 Å². The first-order valence-corrected chi connectivity index (χ1v) is 5.59. The van der Waals surface area contributed by atoms with Crippen molar-refractivity contribution in [3.05, 3.63) is 22.6 Å². The Morgan fingerprint density at radius 2 is 2.33 bits per heavy atom. The minimum atomic E-state index is -0.833. The third-order valence-electron chi connectivity index (χ3n) is 3.19. The van der Waals surface area contributed by atoms with Gasteiger partial charge < -0.3 is 15.3 Å². The van der Waals surface area contributed by atoms with Gasteiger partial charge in [0.05, 0.1) is 22.2 Å². The van der Waals surface area contributed by atoms with Gasteiger partial charge in [0.2, 0.25) is 0 Å². The molecule has 15 heavy (non-hydrogen) atoms. The van der Waals surface area contributed by atoms with E-state index < -0.39 is 17.4 Å². The minimum absolute atomic E-state index is 0.525. The smallest absolute Gasteiger partial charge is 0.311 e. The van der Waals surface area contributed by atoms with Crippen LogP contribution in [0.1, 0.15) is 31.1 Å². The van der Waals surface area contributed by atoms with Gasteiger partial charge >= 0.3 is 5.97 Å². The fourth-order valence-corrected chi connectivity index (χ4v) is 2.44. The van der Waals surface area contributed by atoms with Crippen molar-refractivity contribution in [2.45, 2.75) is 25.3 Å². The van der Waals surface area contributed by atoms with E-state index in [9.17, 15) is 9.90 Å². The number of hydrogen-bond donors (Lipinski definition) is 2. The molecule has 1 saturated carbocycles. The molecule has 1 aromatic heterocycles. The van der Waals surface area contributed by atoms with Crippen LogP contribution in [0, 0.1) is 5.41 Å². The SMILES string of the molecule is NC(c1occc1Br)C1(C(=O)O)CCC1. The highest BCUT2D eigenvalue weighted by Crippen LogP contribution is 2.50. The molecule has 0 aromatic carbocycles. The lowest BCUT2D eigenvalue weighted by Gasteiger charge is -2.41. The monoisotopic (exact) mass is 273 g/mol. The molecule has 1 unspecified atom stereocenters. The van der Waals surface area contributed by atoms with Gasteiger partial charge in [-0.25, -0.2) is 0 Å². The fraction of sp³-hybridized carbons (Fsp3) is 0.500. The van der Waals surface area contributed by atoms with Gasteiger partial charge in [-0.1, -0.05) is 6.42 Å². The molecule has 1 fully saturated rings. The Balaban J connectivity index is 2.31. The summed E-state index contributed by atoms with van der Waals surface area (Å²) in [6.45, 7) is 0. The Morgan fingerprint density at radius 3 is 2.67 bits per heavy atom. The molecule has 5 heteroatoms. The zero-order valence-electron chi connectivity index (χ0n) is 8.07. The molecule has 0 amide bonds. The van der Waals surface area contributed by atoms with Crippen LogP contribution in [-0.2, 0) is 4.79 Å². The Bertz CT molecular complexity index is 384. The Kier molecular flexibility index (Phi) is 2.60. The summed E-state index contributed by atoms with van der Waals surface area (Å²) in [5.74, 6) is -0.304. The van der Waals surface area contributed by atoms with Crippen LogP contribution in [0.15, 0.2) is 21.2 Å². The second-order valence-electron chi connectivity index (χ2n) is 3.93. The van der Waals surface area contributed by atoms with Gasteiger partial charge in [-0.15, -0.1) is 0 Å². The molecule has 82 valence electrons. The van der Waals surface area contributed by atoms with Gasteiger partial charge in [-0.3, -0.25) is 4.79 Å². The summed E-state index contributed by atoms with van der Waals surface area (Å²) < 4.78 is 5.96. The summed E-state index contributed by atoms with van der Waals surface area (Å²) in [7, 11) is 0. The predicted molar refractivity (Wildman–Crippen MR) is 57.3 cm³/mol. The lowest BCUT2D eigenvalue weighted by atomic mass is 9.63. The first-order valence-electron chi connectivity index (χ1n) is 4.80. The lowest BCUT2D eigenvalue weighted by molar-refractivity contribution is -0.157. The zero-order chi connectivity index (χ0) is 11.1. The van der Waals surface area contributed by atoms with E-state index in [0.717, 1.165) is 10.9 Å². The van der Waals surface area contributed by atoms with E-state index in [-0.39, 0.29) is 0 Å². The zero-order valence-corrected chi connectivity index (χ0v) is 9.66. The van der Waals surface area contributed by atoms with Gasteiger partial charge in [0.1, 0.15) is 5.76 Å². The van der Waals surface area contributed by atoms with Crippen molar-refractivity contribution in [2.24, 2.45) is 11.1 Å². The number of halogens is 1. The second-order valence-corrected chi connectivity index (χ2v) is 4.78. The average molecular weight is 274 g/mol. The fourth-order valence-electron chi connectivity index (χ4n) is 1.99. The standard InChI is InChI=1S/C10H12BrNO3/c11-6-2-5-15-7(6)8(12)10(9(13)14)3-1-4-10/h2,5,8H,1,3-4,12H2,(H,13,14). The topological polar surface area (TPSA) is 76.5 Å². The van der Waals surface area contributed by atoms with Crippen LogP contribution in [0.3, 0.4) is 0 Å². The van der Waals surface area contributed by atoms with Crippen molar-refractivity contribution in [3.63, 3.8) is 0 Å². The number of aliphatic carboxylic acids is 1. The van der Waals surface area contributed by atoms with E-state index >= 15 is 0 Å². The first kappa shape index (κ1) is 10.7.